The van der Waals surface area contributed by atoms with Crippen LogP contribution in [0.1, 0.15) is 38.9 Å². The number of carbonyl (C=O) groups excluding carboxylic acids is 1. The first-order valence-electron chi connectivity index (χ1n) is 6.01. The lowest BCUT2D eigenvalue weighted by Gasteiger charge is -2.22. The third-order valence-corrected chi connectivity index (χ3v) is 2.37. The number of alkyl carbamates (subject to hydrolysis) is 1. The highest BCUT2D eigenvalue weighted by Gasteiger charge is 2.23. The average molecular weight is 301 g/mol. The molecule has 0 aliphatic heterocycles. The number of carboxylic acids is 1. The van der Waals surface area contributed by atoms with Gasteiger partial charge in [0.1, 0.15) is 10.8 Å². The lowest BCUT2D eigenvalue weighted by molar-refractivity contribution is -0.137. The molecule has 7 heteroatoms. The number of hydrogen-bond acceptors (Lipinski definition) is 4. The predicted octanol–water partition coefficient (Wildman–Crippen LogP) is 2.78. The number of pyridine rings is 1. The van der Waals surface area contributed by atoms with Gasteiger partial charge in [-0.05, 0) is 32.9 Å². The monoisotopic (exact) mass is 300 g/mol. The zero-order valence-electron chi connectivity index (χ0n) is 11.5. The van der Waals surface area contributed by atoms with E-state index < -0.39 is 23.7 Å². The summed E-state index contributed by atoms with van der Waals surface area (Å²) < 4.78 is 5.10. The summed E-state index contributed by atoms with van der Waals surface area (Å²) in [5.74, 6) is -1.06. The third kappa shape index (κ3) is 5.88. The highest BCUT2D eigenvalue weighted by molar-refractivity contribution is 6.29. The Morgan fingerprint density at radius 3 is 2.60 bits per heavy atom. The van der Waals surface area contributed by atoms with Crippen molar-refractivity contribution in [3.63, 3.8) is 0 Å². The van der Waals surface area contributed by atoms with Crippen LogP contribution in [0.25, 0.3) is 0 Å². The molecule has 0 aliphatic carbocycles. The Morgan fingerprint density at radius 1 is 1.45 bits per heavy atom. The van der Waals surface area contributed by atoms with Crippen molar-refractivity contribution >= 4 is 23.7 Å². The van der Waals surface area contributed by atoms with Gasteiger partial charge in [-0.1, -0.05) is 17.7 Å². The molecule has 0 saturated heterocycles. The average Bonchev–Trinajstić information content (AvgIpc) is 2.24. The molecule has 2 N–H and O–H groups in total. The summed E-state index contributed by atoms with van der Waals surface area (Å²) in [6, 6.07) is 3.99. The minimum Gasteiger partial charge on any atom is -0.481 e. The summed E-state index contributed by atoms with van der Waals surface area (Å²) in [6.45, 7) is 5.16. The summed E-state index contributed by atoms with van der Waals surface area (Å²) in [5, 5.41) is 11.6. The van der Waals surface area contributed by atoms with Crippen molar-refractivity contribution in [1.29, 1.82) is 0 Å². The molecule has 1 aromatic heterocycles. The first-order valence-corrected chi connectivity index (χ1v) is 6.39. The van der Waals surface area contributed by atoms with Crippen molar-refractivity contribution in [2.45, 2.75) is 38.8 Å². The van der Waals surface area contributed by atoms with Crippen molar-refractivity contribution < 1.29 is 19.4 Å². The summed E-state index contributed by atoms with van der Waals surface area (Å²) in [7, 11) is 0. The van der Waals surface area contributed by atoms with Gasteiger partial charge in [0.05, 0.1) is 18.2 Å². The van der Waals surface area contributed by atoms with Gasteiger partial charge >= 0.3 is 12.1 Å². The molecule has 6 nitrogen and oxygen atoms in total. The zero-order chi connectivity index (χ0) is 15.3. The van der Waals surface area contributed by atoms with Crippen LogP contribution in [-0.4, -0.2) is 27.8 Å². The molecule has 1 heterocycles. The number of halogens is 1. The second kappa shape index (κ2) is 6.56. The molecule has 0 unspecified atom stereocenters. The largest absolute Gasteiger partial charge is 0.481 e. The number of nitrogens with zero attached hydrogens (tertiary/aromatic N) is 1. The first-order chi connectivity index (χ1) is 9.17. The highest BCUT2D eigenvalue weighted by atomic mass is 35.5. The molecule has 1 aromatic rings. The van der Waals surface area contributed by atoms with Crippen LogP contribution in [0.4, 0.5) is 4.79 Å². The van der Waals surface area contributed by atoms with E-state index in [1.165, 1.54) is 0 Å². The van der Waals surface area contributed by atoms with Gasteiger partial charge in [0.2, 0.25) is 0 Å². The van der Waals surface area contributed by atoms with Crippen LogP contribution < -0.4 is 5.32 Å². The van der Waals surface area contributed by atoms with Gasteiger partial charge in [-0.15, -0.1) is 0 Å². The third-order valence-electron chi connectivity index (χ3n) is 2.16. The van der Waals surface area contributed by atoms with E-state index in [0.29, 0.717) is 5.69 Å². The van der Waals surface area contributed by atoms with Gasteiger partial charge in [0, 0.05) is 0 Å². The molecular weight excluding hydrogens is 284 g/mol. The van der Waals surface area contributed by atoms with Crippen molar-refractivity contribution in [3.05, 3.63) is 29.0 Å². The number of ether oxygens (including phenoxy) is 1. The lowest BCUT2D eigenvalue weighted by atomic mass is 10.1. The Bertz CT molecular complexity index is 499. The summed E-state index contributed by atoms with van der Waals surface area (Å²) in [4.78, 5) is 26.6. The Labute approximate surface area is 122 Å². The molecule has 1 rings (SSSR count). The smallest absolute Gasteiger partial charge is 0.408 e. The first kappa shape index (κ1) is 16.2. The second-order valence-electron chi connectivity index (χ2n) is 5.18. The topological polar surface area (TPSA) is 88.5 Å². The summed E-state index contributed by atoms with van der Waals surface area (Å²) >= 11 is 5.77. The number of hydrogen-bond donors (Lipinski definition) is 2. The van der Waals surface area contributed by atoms with E-state index in [9.17, 15) is 9.59 Å². The number of aromatic nitrogens is 1. The molecule has 0 saturated carbocycles. The molecule has 0 aromatic carbocycles. The van der Waals surface area contributed by atoms with E-state index in [1.54, 1.807) is 39.0 Å². The minimum absolute atomic E-state index is 0.226. The summed E-state index contributed by atoms with van der Waals surface area (Å²) in [5.41, 5.74) is -0.301. The number of nitrogens with one attached hydrogen (secondary N) is 1. The van der Waals surface area contributed by atoms with Crippen LogP contribution in [0, 0.1) is 0 Å². The molecule has 0 bridgehead atoms. The maximum atomic E-state index is 11.7. The molecule has 0 radical (unpaired) electrons. The van der Waals surface area contributed by atoms with E-state index in [2.05, 4.69) is 10.3 Å². The fourth-order valence-electron chi connectivity index (χ4n) is 1.47. The Hall–Kier alpha value is -1.82. The molecular formula is C13H17ClN2O4. The second-order valence-corrected chi connectivity index (χ2v) is 5.57. The van der Waals surface area contributed by atoms with Gasteiger partial charge < -0.3 is 15.2 Å². The molecule has 0 fully saturated rings. The van der Waals surface area contributed by atoms with Crippen LogP contribution in [0.15, 0.2) is 18.2 Å². The van der Waals surface area contributed by atoms with Gasteiger partial charge in [-0.25, -0.2) is 9.78 Å². The van der Waals surface area contributed by atoms with Crippen LogP contribution in [0.2, 0.25) is 5.15 Å². The van der Waals surface area contributed by atoms with Crippen molar-refractivity contribution in [2.24, 2.45) is 0 Å². The fraction of sp³-hybridized carbons (Fsp3) is 0.462. The van der Waals surface area contributed by atoms with Crippen LogP contribution in [0.3, 0.4) is 0 Å². The van der Waals surface area contributed by atoms with Crippen molar-refractivity contribution in [2.75, 3.05) is 0 Å². The molecule has 20 heavy (non-hydrogen) atoms. The Kier molecular flexibility index (Phi) is 5.33. The Balaban J connectivity index is 2.85. The van der Waals surface area contributed by atoms with E-state index in [1.807, 2.05) is 0 Å². The predicted molar refractivity (Wildman–Crippen MR) is 73.6 cm³/mol. The van der Waals surface area contributed by atoms with Gasteiger partial charge in [-0.2, -0.15) is 0 Å². The maximum Gasteiger partial charge on any atom is 0.408 e. The molecule has 110 valence electrons. The normalized spacial score (nSPS) is 12.6. The molecule has 1 atom stereocenters. The molecule has 1 amide bonds. The number of carboxylic acid groups (broad SMARTS) is 1. The fourth-order valence-corrected chi connectivity index (χ4v) is 1.64. The number of amides is 1. The quantitative estimate of drug-likeness (QED) is 0.835. The molecule has 0 aliphatic rings. The standard InChI is InChI=1S/C13H17ClN2O4/c1-13(2,3)20-12(19)16-9(7-11(17)18)8-5-4-6-10(14)15-8/h4-6,9H,7H2,1-3H3,(H,16,19)(H,17,18)/t9-/m0/s1. The van der Waals surface area contributed by atoms with E-state index >= 15 is 0 Å². The molecule has 0 spiro atoms. The van der Waals surface area contributed by atoms with Crippen LogP contribution >= 0.6 is 11.6 Å². The van der Waals surface area contributed by atoms with Crippen molar-refractivity contribution in [1.82, 2.24) is 10.3 Å². The van der Waals surface area contributed by atoms with Crippen molar-refractivity contribution in [3.8, 4) is 0 Å². The number of aliphatic carboxylic acids is 1. The zero-order valence-corrected chi connectivity index (χ0v) is 12.3. The van der Waals surface area contributed by atoms with Gasteiger partial charge in [0.25, 0.3) is 0 Å². The number of carbonyl (C=O) groups is 2. The maximum absolute atomic E-state index is 11.7. The SMILES string of the molecule is CC(C)(C)OC(=O)N[C@@H](CC(=O)O)c1cccc(Cl)n1. The highest BCUT2D eigenvalue weighted by Crippen LogP contribution is 2.18. The van der Waals surface area contributed by atoms with E-state index in [4.69, 9.17) is 21.4 Å². The van der Waals surface area contributed by atoms with Gasteiger partial charge in [0.15, 0.2) is 0 Å². The number of rotatable bonds is 4. The van der Waals surface area contributed by atoms with Gasteiger partial charge in [-0.3, -0.25) is 4.79 Å². The van der Waals surface area contributed by atoms with E-state index in [-0.39, 0.29) is 11.6 Å². The van der Waals surface area contributed by atoms with Crippen LogP contribution in [-0.2, 0) is 9.53 Å². The minimum atomic E-state index is -1.06. The summed E-state index contributed by atoms with van der Waals surface area (Å²) in [6.07, 6.45) is -1.02. The lowest BCUT2D eigenvalue weighted by Crippen LogP contribution is -2.36. The van der Waals surface area contributed by atoms with E-state index in [0.717, 1.165) is 0 Å². The van der Waals surface area contributed by atoms with Crippen LogP contribution in [0.5, 0.6) is 0 Å². The Morgan fingerprint density at radius 2 is 2.10 bits per heavy atom.